The van der Waals surface area contributed by atoms with Crippen molar-refractivity contribution in [1.82, 2.24) is 0 Å². The molecule has 1 aliphatic heterocycles. The highest BCUT2D eigenvalue weighted by Crippen LogP contribution is 2.53. The number of para-hydroxylation sites is 2. The fourth-order valence-electron chi connectivity index (χ4n) is 4.78. The van der Waals surface area contributed by atoms with Gasteiger partial charge in [0.2, 0.25) is 0 Å². The number of hydrogen-bond donors (Lipinski definition) is 0. The summed E-state index contributed by atoms with van der Waals surface area (Å²) in [5.41, 5.74) is 7.41. The van der Waals surface area contributed by atoms with Crippen LogP contribution in [0.5, 0.6) is 0 Å². The molecule has 0 aromatic heterocycles. The lowest BCUT2D eigenvalue weighted by molar-refractivity contribution is 0.349. The molecule has 0 saturated carbocycles. The lowest BCUT2D eigenvalue weighted by Gasteiger charge is -2.60. The van der Waals surface area contributed by atoms with Crippen molar-refractivity contribution in [1.29, 1.82) is 0 Å². The molecule has 0 radical (unpaired) electrons. The number of benzene rings is 4. The summed E-state index contributed by atoms with van der Waals surface area (Å²) in [7, 11) is 8.34. The third-order valence-corrected chi connectivity index (χ3v) is 6.60. The molecule has 4 nitrogen and oxygen atoms in total. The highest BCUT2D eigenvalue weighted by Gasteiger charge is 2.48. The van der Waals surface area contributed by atoms with Crippen LogP contribution < -0.4 is 19.8 Å². The molecular formula is C30H32N4. The highest BCUT2D eigenvalue weighted by molar-refractivity contribution is 5.68. The Bertz CT molecular complexity index is 1100. The lowest BCUT2D eigenvalue weighted by Crippen LogP contribution is -2.62. The maximum absolute atomic E-state index is 2.44. The fraction of sp³-hybridized carbons (Fsp3) is 0.200. The molecule has 0 spiro atoms. The molecule has 172 valence electrons. The van der Waals surface area contributed by atoms with Crippen molar-refractivity contribution in [3.8, 4) is 0 Å². The zero-order valence-electron chi connectivity index (χ0n) is 20.3. The molecule has 0 aliphatic carbocycles. The van der Waals surface area contributed by atoms with E-state index in [9.17, 15) is 0 Å². The van der Waals surface area contributed by atoms with E-state index in [4.69, 9.17) is 0 Å². The Balaban J connectivity index is 1.63. The van der Waals surface area contributed by atoms with E-state index in [1.54, 1.807) is 0 Å². The second-order valence-corrected chi connectivity index (χ2v) is 9.22. The van der Waals surface area contributed by atoms with E-state index in [2.05, 4.69) is 157 Å². The minimum Gasteiger partial charge on any atom is -0.378 e. The molecule has 1 heterocycles. The molecule has 1 fully saturated rings. The maximum Gasteiger partial charge on any atom is 0.102 e. The standard InChI is InChI=1S/C30H32N4/c1-31(2)25-19-15-23(16-20-25)29-30(24-17-21-26(22-18-24)32(3)4)34(28-13-9-6-10-14-28)33(29)27-11-7-5-8-12-27/h5-22,29-30H,1-4H3. The summed E-state index contributed by atoms with van der Waals surface area (Å²) in [5.74, 6) is 0. The molecule has 0 bridgehead atoms. The molecule has 0 amide bonds. The van der Waals surface area contributed by atoms with Gasteiger partial charge in [0.1, 0.15) is 12.1 Å². The molecule has 4 aromatic carbocycles. The molecule has 34 heavy (non-hydrogen) atoms. The van der Waals surface area contributed by atoms with Crippen LogP contribution in [0.25, 0.3) is 0 Å². The van der Waals surface area contributed by atoms with Crippen molar-refractivity contribution in [3.63, 3.8) is 0 Å². The van der Waals surface area contributed by atoms with Gasteiger partial charge in [0.25, 0.3) is 0 Å². The SMILES string of the molecule is CN(C)c1ccc(C2C(c3ccc(N(C)C)cc3)N(c3ccccc3)N2c2ccccc2)cc1. The Morgan fingerprint density at radius 3 is 1.06 bits per heavy atom. The van der Waals surface area contributed by atoms with E-state index in [-0.39, 0.29) is 12.1 Å². The van der Waals surface area contributed by atoms with Gasteiger partial charge in [-0.05, 0) is 59.7 Å². The van der Waals surface area contributed by atoms with Crippen molar-refractivity contribution in [2.75, 3.05) is 48.0 Å². The van der Waals surface area contributed by atoms with E-state index < -0.39 is 0 Å². The summed E-state index contributed by atoms with van der Waals surface area (Å²) in [5, 5.41) is 4.87. The van der Waals surface area contributed by atoms with Gasteiger partial charge in [-0.3, -0.25) is 10.0 Å². The summed E-state index contributed by atoms with van der Waals surface area (Å²) in [6.07, 6.45) is 0. The van der Waals surface area contributed by atoms with Gasteiger partial charge in [-0.25, -0.2) is 0 Å². The quantitative estimate of drug-likeness (QED) is 0.332. The highest BCUT2D eigenvalue weighted by atomic mass is 15.7. The maximum atomic E-state index is 2.44. The van der Waals surface area contributed by atoms with Crippen molar-refractivity contribution >= 4 is 22.7 Å². The first kappa shape index (κ1) is 21.9. The zero-order valence-corrected chi connectivity index (χ0v) is 20.3. The number of hydrogen-bond acceptors (Lipinski definition) is 4. The van der Waals surface area contributed by atoms with Crippen LogP contribution in [0, 0.1) is 0 Å². The number of rotatable bonds is 6. The zero-order chi connectivity index (χ0) is 23.7. The molecule has 4 heteroatoms. The molecule has 5 rings (SSSR count). The van der Waals surface area contributed by atoms with Gasteiger partial charge in [-0.2, -0.15) is 0 Å². The largest absolute Gasteiger partial charge is 0.378 e. The van der Waals surface area contributed by atoms with Crippen LogP contribution in [0.3, 0.4) is 0 Å². The van der Waals surface area contributed by atoms with Crippen molar-refractivity contribution in [2.45, 2.75) is 12.1 Å². The first-order valence-corrected chi connectivity index (χ1v) is 11.8. The average Bonchev–Trinajstić information content (AvgIpc) is 2.85. The number of anilines is 4. The summed E-state index contributed by atoms with van der Waals surface area (Å²) < 4.78 is 0. The van der Waals surface area contributed by atoms with Crippen LogP contribution in [0.2, 0.25) is 0 Å². The van der Waals surface area contributed by atoms with Crippen molar-refractivity contribution < 1.29 is 0 Å². The van der Waals surface area contributed by atoms with Crippen LogP contribution in [0.15, 0.2) is 109 Å². The third-order valence-electron chi connectivity index (χ3n) is 6.60. The molecule has 0 N–H and O–H groups in total. The Morgan fingerprint density at radius 1 is 0.441 bits per heavy atom. The first-order valence-electron chi connectivity index (χ1n) is 11.8. The molecule has 1 aliphatic rings. The van der Waals surface area contributed by atoms with Crippen molar-refractivity contribution in [3.05, 3.63) is 120 Å². The second kappa shape index (κ2) is 9.14. The minimum absolute atomic E-state index is 0.184. The fourth-order valence-corrected chi connectivity index (χ4v) is 4.78. The summed E-state index contributed by atoms with van der Waals surface area (Å²) in [6, 6.07) is 39.8. The predicted octanol–water partition coefficient (Wildman–Crippen LogP) is 6.54. The average molecular weight is 449 g/mol. The number of hydrazine groups is 1. The molecule has 2 atom stereocenters. The Morgan fingerprint density at radius 2 is 0.765 bits per heavy atom. The van der Waals surface area contributed by atoms with E-state index >= 15 is 0 Å². The smallest absolute Gasteiger partial charge is 0.102 e. The van der Waals surface area contributed by atoms with E-state index in [0.29, 0.717) is 0 Å². The van der Waals surface area contributed by atoms with E-state index in [0.717, 1.165) is 0 Å². The molecule has 1 saturated heterocycles. The minimum atomic E-state index is 0.184. The first-order chi connectivity index (χ1) is 16.5. The monoisotopic (exact) mass is 448 g/mol. The summed E-state index contributed by atoms with van der Waals surface area (Å²) in [6.45, 7) is 0. The van der Waals surface area contributed by atoms with E-state index in [1.807, 2.05) is 0 Å². The van der Waals surface area contributed by atoms with Crippen LogP contribution in [0.4, 0.5) is 22.7 Å². The van der Waals surface area contributed by atoms with Gasteiger partial charge in [0.05, 0.1) is 11.4 Å². The van der Waals surface area contributed by atoms with Crippen molar-refractivity contribution in [2.24, 2.45) is 0 Å². The van der Waals surface area contributed by atoms with Gasteiger partial charge >= 0.3 is 0 Å². The van der Waals surface area contributed by atoms with Crippen LogP contribution in [-0.2, 0) is 0 Å². The lowest BCUT2D eigenvalue weighted by atomic mass is 9.86. The van der Waals surface area contributed by atoms with Gasteiger partial charge in [-0.1, -0.05) is 60.7 Å². The van der Waals surface area contributed by atoms with Gasteiger partial charge in [0, 0.05) is 39.6 Å². The number of nitrogens with zero attached hydrogens (tertiary/aromatic N) is 4. The Hall–Kier alpha value is -3.92. The van der Waals surface area contributed by atoms with Gasteiger partial charge in [-0.15, -0.1) is 0 Å². The summed E-state index contributed by atoms with van der Waals surface area (Å²) >= 11 is 0. The second-order valence-electron chi connectivity index (χ2n) is 9.22. The van der Waals surface area contributed by atoms with Crippen LogP contribution in [0.1, 0.15) is 23.2 Å². The van der Waals surface area contributed by atoms with Gasteiger partial charge in [0.15, 0.2) is 0 Å². The van der Waals surface area contributed by atoms with E-state index in [1.165, 1.54) is 33.9 Å². The van der Waals surface area contributed by atoms with Gasteiger partial charge < -0.3 is 9.80 Å². The predicted molar refractivity (Wildman–Crippen MR) is 145 cm³/mol. The van der Waals surface area contributed by atoms with Crippen LogP contribution >= 0.6 is 0 Å². The third kappa shape index (κ3) is 3.96. The molecule has 4 aromatic rings. The Kier molecular flexibility index (Phi) is 5.89. The topological polar surface area (TPSA) is 13.0 Å². The summed E-state index contributed by atoms with van der Waals surface area (Å²) in [4.78, 5) is 4.29. The molecule has 2 unspecified atom stereocenters. The molecular weight excluding hydrogens is 416 g/mol. The Labute approximate surface area is 203 Å². The normalized spacial score (nSPS) is 17.3. The van der Waals surface area contributed by atoms with Crippen LogP contribution in [-0.4, -0.2) is 28.2 Å².